The molecule has 1 saturated heterocycles. The standard InChI is InChI=1S/C8H18N2.C2H6/c1-4-7-8(10(2)3)5-6-9-7;1-2/h7-9H,4-6H2,1-3H3;1-2H3. The zero-order valence-corrected chi connectivity index (χ0v) is 9.22. The molecule has 1 heterocycles. The average Bonchev–Trinajstić information content (AvgIpc) is 2.55. The van der Waals surface area contributed by atoms with Crippen molar-refractivity contribution in [2.45, 2.75) is 45.7 Å². The summed E-state index contributed by atoms with van der Waals surface area (Å²) < 4.78 is 0. The van der Waals surface area contributed by atoms with Crippen molar-refractivity contribution in [1.29, 1.82) is 0 Å². The van der Waals surface area contributed by atoms with Gasteiger partial charge < -0.3 is 10.2 Å². The van der Waals surface area contributed by atoms with Gasteiger partial charge in [-0.1, -0.05) is 20.8 Å². The number of rotatable bonds is 2. The lowest BCUT2D eigenvalue weighted by atomic mass is 10.1. The Hall–Kier alpha value is -0.0800. The van der Waals surface area contributed by atoms with Crippen molar-refractivity contribution in [3.63, 3.8) is 0 Å². The molecule has 0 radical (unpaired) electrons. The molecule has 0 aromatic rings. The molecule has 0 aromatic carbocycles. The summed E-state index contributed by atoms with van der Waals surface area (Å²) in [6.45, 7) is 7.45. The monoisotopic (exact) mass is 172 g/mol. The Labute approximate surface area is 77.3 Å². The molecule has 1 aliphatic heterocycles. The number of nitrogens with one attached hydrogen (secondary N) is 1. The number of hydrogen-bond donors (Lipinski definition) is 1. The molecule has 0 spiro atoms. The van der Waals surface area contributed by atoms with Gasteiger partial charge in [-0.05, 0) is 33.5 Å². The van der Waals surface area contributed by atoms with Crippen LogP contribution in [0.5, 0.6) is 0 Å². The molecule has 1 fully saturated rings. The van der Waals surface area contributed by atoms with Crippen LogP contribution in [-0.4, -0.2) is 37.6 Å². The summed E-state index contributed by atoms with van der Waals surface area (Å²) in [6, 6.07) is 1.50. The predicted octanol–water partition coefficient (Wildman–Crippen LogP) is 1.71. The van der Waals surface area contributed by atoms with Crippen molar-refractivity contribution in [3.8, 4) is 0 Å². The first-order chi connectivity index (χ1) is 5.75. The van der Waals surface area contributed by atoms with E-state index in [2.05, 4.69) is 31.2 Å². The Morgan fingerprint density at radius 3 is 2.25 bits per heavy atom. The summed E-state index contributed by atoms with van der Waals surface area (Å²) in [6.07, 6.45) is 2.56. The first kappa shape index (κ1) is 11.9. The summed E-state index contributed by atoms with van der Waals surface area (Å²) in [5.41, 5.74) is 0. The van der Waals surface area contributed by atoms with E-state index in [0.717, 1.165) is 12.1 Å². The van der Waals surface area contributed by atoms with Crippen molar-refractivity contribution in [1.82, 2.24) is 10.2 Å². The molecule has 0 saturated carbocycles. The molecule has 12 heavy (non-hydrogen) atoms. The van der Waals surface area contributed by atoms with E-state index in [1.54, 1.807) is 0 Å². The maximum absolute atomic E-state index is 3.50. The Kier molecular flexibility index (Phi) is 6.39. The maximum atomic E-state index is 3.50. The normalized spacial score (nSPS) is 28.5. The number of nitrogens with zero attached hydrogens (tertiary/aromatic N) is 1. The van der Waals surface area contributed by atoms with Crippen LogP contribution in [0.1, 0.15) is 33.6 Å². The van der Waals surface area contributed by atoms with Crippen LogP contribution < -0.4 is 5.32 Å². The first-order valence-electron chi connectivity index (χ1n) is 5.15. The van der Waals surface area contributed by atoms with Crippen molar-refractivity contribution in [2.24, 2.45) is 0 Å². The highest BCUT2D eigenvalue weighted by molar-refractivity contribution is 4.87. The Balaban J connectivity index is 0.000000561. The van der Waals surface area contributed by atoms with Gasteiger partial charge >= 0.3 is 0 Å². The second-order valence-corrected chi connectivity index (χ2v) is 3.29. The number of likely N-dealkylation sites (N-methyl/N-ethyl adjacent to an activating group) is 1. The fraction of sp³-hybridized carbons (Fsp3) is 1.00. The molecule has 2 atom stereocenters. The van der Waals surface area contributed by atoms with Gasteiger partial charge in [-0.15, -0.1) is 0 Å². The second-order valence-electron chi connectivity index (χ2n) is 3.29. The summed E-state index contributed by atoms with van der Waals surface area (Å²) in [5.74, 6) is 0. The SMILES string of the molecule is CC.CCC1NCCC1N(C)C. The third-order valence-corrected chi connectivity index (χ3v) is 2.41. The lowest BCUT2D eigenvalue weighted by Gasteiger charge is -2.24. The smallest absolute Gasteiger partial charge is 0.0255 e. The van der Waals surface area contributed by atoms with Crippen LogP contribution in [-0.2, 0) is 0 Å². The van der Waals surface area contributed by atoms with Gasteiger partial charge in [0.25, 0.3) is 0 Å². The third kappa shape index (κ3) is 3.11. The fourth-order valence-corrected chi connectivity index (χ4v) is 1.79. The first-order valence-corrected chi connectivity index (χ1v) is 5.15. The molecule has 0 amide bonds. The van der Waals surface area contributed by atoms with Gasteiger partial charge in [-0.2, -0.15) is 0 Å². The fourth-order valence-electron chi connectivity index (χ4n) is 1.79. The van der Waals surface area contributed by atoms with Crippen LogP contribution in [0.3, 0.4) is 0 Å². The molecule has 74 valence electrons. The van der Waals surface area contributed by atoms with Crippen molar-refractivity contribution < 1.29 is 0 Å². The molecule has 2 nitrogen and oxygen atoms in total. The molecule has 2 heteroatoms. The summed E-state index contributed by atoms with van der Waals surface area (Å²) in [7, 11) is 4.33. The minimum atomic E-state index is 0.731. The Bertz CT molecular complexity index is 102. The Morgan fingerprint density at radius 1 is 1.33 bits per heavy atom. The lowest BCUT2D eigenvalue weighted by Crippen LogP contribution is -2.39. The van der Waals surface area contributed by atoms with Crippen LogP contribution in [0.4, 0.5) is 0 Å². The highest BCUT2D eigenvalue weighted by Crippen LogP contribution is 2.13. The van der Waals surface area contributed by atoms with Gasteiger partial charge in [0.05, 0.1) is 0 Å². The zero-order valence-electron chi connectivity index (χ0n) is 9.22. The van der Waals surface area contributed by atoms with Gasteiger partial charge in [0, 0.05) is 12.1 Å². The van der Waals surface area contributed by atoms with Gasteiger partial charge in [0.15, 0.2) is 0 Å². The number of hydrogen-bond acceptors (Lipinski definition) is 2. The van der Waals surface area contributed by atoms with E-state index in [4.69, 9.17) is 0 Å². The van der Waals surface area contributed by atoms with Gasteiger partial charge in [0.2, 0.25) is 0 Å². The molecule has 1 rings (SSSR count). The van der Waals surface area contributed by atoms with Crippen molar-refractivity contribution in [2.75, 3.05) is 20.6 Å². The van der Waals surface area contributed by atoms with Crippen LogP contribution >= 0.6 is 0 Å². The summed E-state index contributed by atoms with van der Waals surface area (Å²) in [4.78, 5) is 2.33. The molecule has 1 N–H and O–H groups in total. The van der Waals surface area contributed by atoms with E-state index >= 15 is 0 Å². The molecular formula is C10H24N2. The van der Waals surface area contributed by atoms with E-state index in [0.29, 0.717) is 0 Å². The van der Waals surface area contributed by atoms with Crippen LogP contribution in [0.15, 0.2) is 0 Å². The molecule has 0 aliphatic carbocycles. The highest BCUT2D eigenvalue weighted by atomic mass is 15.2. The van der Waals surface area contributed by atoms with Gasteiger partial charge in [0.1, 0.15) is 0 Å². The van der Waals surface area contributed by atoms with Gasteiger partial charge in [-0.3, -0.25) is 0 Å². The predicted molar refractivity (Wildman–Crippen MR) is 55.5 cm³/mol. The molecule has 1 aliphatic rings. The van der Waals surface area contributed by atoms with Crippen LogP contribution in [0.25, 0.3) is 0 Å². The van der Waals surface area contributed by atoms with E-state index in [9.17, 15) is 0 Å². The molecule has 0 bridgehead atoms. The van der Waals surface area contributed by atoms with Crippen molar-refractivity contribution >= 4 is 0 Å². The average molecular weight is 172 g/mol. The minimum absolute atomic E-state index is 0.731. The van der Waals surface area contributed by atoms with E-state index in [1.165, 1.54) is 19.4 Å². The van der Waals surface area contributed by atoms with Crippen LogP contribution in [0.2, 0.25) is 0 Å². The summed E-state index contributed by atoms with van der Waals surface area (Å²) >= 11 is 0. The largest absolute Gasteiger partial charge is 0.312 e. The van der Waals surface area contributed by atoms with Crippen molar-refractivity contribution in [3.05, 3.63) is 0 Å². The Morgan fingerprint density at radius 2 is 1.92 bits per heavy atom. The molecule has 2 unspecified atom stereocenters. The maximum Gasteiger partial charge on any atom is 0.0255 e. The molecule has 0 aromatic heterocycles. The topological polar surface area (TPSA) is 15.3 Å². The van der Waals surface area contributed by atoms with Gasteiger partial charge in [-0.25, -0.2) is 0 Å². The quantitative estimate of drug-likeness (QED) is 0.682. The molecular weight excluding hydrogens is 148 g/mol. The summed E-state index contributed by atoms with van der Waals surface area (Å²) in [5, 5.41) is 3.50. The lowest BCUT2D eigenvalue weighted by molar-refractivity contribution is 0.265. The van der Waals surface area contributed by atoms with E-state index in [1.807, 2.05) is 13.8 Å². The second kappa shape index (κ2) is 6.44. The van der Waals surface area contributed by atoms with E-state index < -0.39 is 0 Å². The van der Waals surface area contributed by atoms with E-state index in [-0.39, 0.29) is 0 Å². The third-order valence-electron chi connectivity index (χ3n) is 2.41. The highest BCUT2D eigenvalue weighted by Gasteiger charge is 2.26. The minimum Gasteiger partial charge on any atom is -0.312 e. The van der Waals surface area contributed by atoms with Crippen LogP contribution in [0, 0.1) is 0 Å². The zero-order chi connectivity index (χ0) is 9.56.